The summed E-state index contributed by atoms with van der Waals surface area (Å²) < 4.78 is 0. The summed E-state index contributed by atoms with van der Waals surface area (Å²) in [6, 6.07) is 31.0. The monoisotopic (exact) mass is 471 g/mol. The molecule has 0 aliphatic carbocycles. The Morgan fingerprint density at radius 3 is 2.39 bits per heavy atom. The lowest BCUT2D eigenvalue weighted by molar-refractivity contribution is -0.132. The van der Waals surface area contributed by atoms with Crippen molar-refractivity contribution in [1.29, 1.82) is 0 Å². The molecule has 0 saturated heterocycles. The summed E-state index contributed by atoms with van der Waals surface area (Å²) in [7, 11) is 0. The molecule has 0 saturated carbocycles. The fourth-order valence-corrected chi connectivity index (χ4v) is 5.13. The van der Waals surface area contributed by atoms with E-state index in [4.69, 9.17) is 5.10 Å². The molecule has 1 heterocycles. The van der Waals surface area contributed by atoms with Gasteiger partial charge in [0.05, 0.1) is 12.3 Å². The summed E-state index contributed by atoms with van der Waals surface area (Å²) in [5.74, 6) is -0.0820. The first-order valence-electron chi connectivity index (χ1n) is 12.1. The van der Waals surface area contributed by atoms with Crippen molar-refractivity contribution in [3.63, 3.8) is 0 Å². The molecular weight excluding hydrogens is 446 g/mol. The minimum atomic E-state index is -0.106. The van der Waals surface area contributed by atoms with E-state index >= 15 is 0 Å². The van der Waals surface area contributed by atoms with Crippen LogP contribution in [-0.2, 0) is 16.1 Å². The molecule has 5 aromatic rings. The summed E-state index contributed by atoms with van der Waals surface area (Å²) in [6.45, 7) is 1.90. The van der Waals surface area contributed by atoms with Crippen molar-refractivity contribution < 1.29 is 9.59 Å². The van der Waals surface area contributed by atoms with Gasteiger partial charge in [0.2, 0.25) is 11.8 Å². The molecule has 0 unspecified atom stereocenters. The second-order valence-corrected chi connectivity index (χ2v) is 9.22. The average Bonchev–Trinajstić information content (AvgIpc) is 2.90. The number of hydrogen-bond donors (Lipinski definition) is 1. The van der Waals surface area contributed by atoms with Gasteiger partial charge in [-0.15, -0.1) is 0 Å². The Bertz CT molecular complexity index is 1690. The molecule has 5 heteroatoms. The molecule has 5 aromatic carbocycles. The highest BCUT2D eigenvalue weighted by Crippen LogP contribution is 2.34. The van der Waals surface area contributed by atoms with Gasteiger partial charge in [0.15, 0.2) is 0 Å². The molecule has 0 spiro atoms. The molecule has 6 rings (SSSR count). The van der Waals surface area contributed by atoms with Gasteiger partial charge in [-0.25, -0.2) is 5.01 Å². The largest absolute Gasteiger partial charge is 0.326 e. The van der Waals surface area contributed by atoms with E-state index in [-0.39, 0.29) is 11.8 Å². The summed E-state index contributed by atoms with van der Waals surface area (Å²) >= 11 is 0. The van der Waals surface area contributed by atoms with E-state index in [1.807, 2.05) is 30.3 Å². The summed E-state index contributed by atoms with van der Waals surface area (Å²) in [5.41, 5.74) is 3.65. The van der Waals surface area contributed by atoms with Gasteiger partial charge >= 0.3 is 0 Å². The standard InChI is InChI=1S/C31H25N3O2/c1-20(35)32-25-13-9-22(10-14-25)29-17-18-30(36)34(33-29)19-24-7-4-6-23-12-15-27-26-8-3-2-5-21(26)11-16-28(27)31(23)24/h2-16H,17-19H2,1H3,(H,32,35). The second-order valence-electron chi connectivity index (χ2n) is 9.22. The van der Waals surface area contributed by atoms with Crippen molar-refractivity contribution in [2.75, 3.05) is 5.32 Å². The number of nitrogens with zero attached hydrogens (tertiary/aromatic N) is 2. The molecule has 0 radical (unpaired) electrons. The van der Waals surface area contributed by atoms with E-state index in [0.29, 0.717) is 19.4 Å². The van der Waals surface area contributed by atoms with E-state index in [1.54, 1.807) is 5.01 Å². The molecule has 1 aliphatic heterocycles. The third kappa shape index (κ3) is 3.99. The van der Waals surface area contributed by atoms with E-state index < -0.39 is 0 Å². The Kier molecular flexibility index (Phi) is 5.45. The Morgan fingerprint density at radius 1 is 0.806 bits per heavy atom. The molecule has 2 amide bonds. The molecular formula is C31H25N3O2. The highest BCUT2D eigenvalue weighted by Gasteiger charge is 2.22. The number of rotatable bonds is 4. The van der Waals surface area contributed by atoms with Gasteiger partial charge in [0.1, 0.15) is 0 Å². The molecule has 0 bridgehead atoms. The van der Waals surface area contributed by atoms with E-state index in [9.17, 15) is 9.59 Å². The fraction of sp³-hybridized carbons (Fsp3) is 0.129. The zero-order chi connectivity index (χ0) is 24.6. The predicted molar refractivity (Wildman–Crippen MR) is 146 cm³/mol. The zero-order valence-corrected chi connectivity index (χ0v) is 20.0. The van der Waals surface area contributed by atoms with Crippen molar-refractivity contribution in [2.24, 2.45) is 5.10 Å². The molecule has 0 aromatic heterocycles. The third-order valence-electron chi connectivity index (χ3n) is 6.82. The van der Waals surface area contributed by atoms with E-state index in [0.717, 1.165) is 33.3 Å². The molecule has 0 atom stereocenters. The van der Waals surface area contributed by atoms with Gasteiger partial charge in [-0.05, 0) is 55.6 Å². The van der Waals surface area contributed by atoms with Gasteiger partial charge in [-0.3, -0.25) is 9.59 Å². The summed E-state index contributed by atoms with van der Waals surface area (Å²) in [4.78, 5) is 24.2. The maximum absolute atomic E-state index is 12.9. The molecule has 0 fully saturated rings. The molecule has 36 heavy (non-hydrogen) atoms. The van der Waals surface area contributed by atoms with E-state index in [2.05, 4.69) is 66.0 Å². The number of anilines is 1. The smallest absolute Gasteiger partial charge is 0.243 e. The molecule has 176 valence electrons. The van der Waals surface area contributed by atoms with Crippen molar-refractivity contribution in [3.05, 3.63) is 102 Å². The summed E-state index contributed by atoms with van der Waals surface area (Å²) in [5, 5.41) is 16.3. The van der Waals surface area contributed by atoms with Gasteiger partial charge in [-0.2, -0.15) is 5.10 Å². The fourth-order valence-electron chi connectivity index (χ4n) is 5.13. The Labute approximate surface area is 209 Å². The first kappa shape index (κ1) is 22.0. The van der Waals surface area contributed by atoms with Gasteiger partial charge in [0.25, 0.3) is 0 Å². The number of benzene rings is 5. The number of hydrogen-bond acceptors (Lipinski definition) is 3. The quantitative estimate of drug-likeness (QED) is 0.299. The third-order valence-corrected chi connectivity index (χ3v) is 6.82. The lowest BCUT2D eigenvalue weighted by Crippen LogP contribution is -2.31. The second kappa shape index (κ2) is 8.93. The van der Waals surface area contributed by atoms with Crippen LogP contribution in [0.25, 0.3) is 32.3 Å². The number of carbonyl (C=O) groups excluding carboxylic acids is 2. The van der Waals surface area contributed by atoms with Crippen LogP contribution in [0, 0.1) is 0 Å². The van der Waals surface area contributed by atoms with Gasteiger partial charge in [-0.1, -0.05) is 78.9 Å². The first-order valence-corrected chi connectivity index (χ1v) is 12.1. The van der Waals surface area contributed by atoms with Crippen LogP contribution in [-0.4, -0.2) is 22.5 Å². The first-order chi connectivity index (χ1) is 17.6. The number of fused-ring (bicyclic) bond motifs is 5. The predicted octanol–water partition coefficient (Wildman–Crippen LogP) is 6.63. The SMILES string of the molecule is CC(=O)Nc1ccc(C2=NN(Cc3cccc4ccc5c6ccccc6ccc5c34)C(=O)CC2)cc1. The lowest BCUT2D eigenvalue weighted by Gasteiger charge is -2.25. The molecule has 5 nitrogen and oxygen atoms in total. The van der Waals surface area contributed by atoms with Crippen LogP contribution in [0.5, 0.6) is 0 Å². The number of nitrogens with one attached hydrogen (secondary N) is 1. The Morgan fingerprint density at radius 2 is 1.56 bits per heavy atom. The van der Waals surface area contributed by atoms with Crippen LogP contribution < -0.4 is 5.32 Å². The van der Waals surface area contributed by atoms with Crippen LogP contribution in [0.15, 0.2) is 96.1 Å². The number of hydrazone groups is 1. The van der Waals surface area contributed by atoms with Crippen LogP contribution >= 0.6 is 0 Å². The van der Waals surface area contributed by atoms with Gasteiger partial charge in [0, 0.05) is 25.5 Å². The highest BCUT2D eigenvalue weighted by atomic mass is 16.2. The maximum Gasteiger partial charge on any atom is 0.243 e. The number of carbonyl (C=O) groups is 2. The van der Waals surface area contributed by atoms with Gasteiger partial charge < -0.3 is 5.32 Å². The van der Waals surface area contributed by atoms with Crippen LogP contribution in [0.4, 0.5) is 5.69 Å². The van der Waals surface area contributed by atoms with E-state index in [1.165, 1.54) is 28.5 Å². The molecule has 1 aliphatic rings. The Balaban J connectivity index is 1.40. The van der Waals surface area contributed by atoms with Crippen molar-refractivity contribution in [2.45, 2.75) is 26.3 Å². The normalized spacial score (nSPS) is 13.9. The minimum Gasteiger partial charge on any atom is -0.326 e. The highest BCUT2D eigenvalue weighted by molar-refractivity contribution is 6.18. The van der Waals surface area contributed by atoms with Crippen molar-refractivity contribution in [1.82, 2.24) is 5.01 Å². The van der Waals surface area contributed by atoms with Crippen LogP contribution in [0.3, 0.4) is 0 Å². The number of amides is 2. The lowest BCUT2D eigenvalue weighted by atomic mass is 9.94. The zero-order valence-electron chi connectivity index (χ0n) is 20.0. The van der Waals surface area contributed by atoms with Crippen molar-refractivity contribution >= 4 is 55.5 Å². The summed E-state index contributed by atoms with van der Waals surface area (Å²) in [6.07, 6.45) is 1.02. The minimum absolute atomic E-state index is 0.0244. The average molecular weight is 472 g/mol. The molecule has 1 N–H and O–H groups in total. The Hall–Kier alpha value is -4.51. The van der Waals surface area contributed by atoms with Crippen LogP contribution in [0.1, 0.15) is 30.9 Å². The van der Waals surface area contributed by atoms with Crippen LogP contribution in [0.2, 0.25) is 0 Å². The topological polar surface area (TPSA) is 61.8 Å². The van der Waals surface area contributed by atoms with Crippen molar-refractivity contribution in [3.8, 4) is 0 Å². The maximum atomic E-state index is 12.9.